The predicted octanol–water partition coefficient (Wildman–Crippen LogP) is 4.64. The number of carbonyl (C=O) groups is 1. The molecule has 1 aliphatic heterocycles. The Morgan fingerprint density at radius 2 is 1.89 bits per heavy atom. The van der Waals surface area contributed by atoms with Gasteiger partial charge >= 0.3 is 0 Å². The summed E-state index contributed by atoms with van der Waals surface area (Å²) >= 11 is 0. The molecule has 0 atom stereocenters. The smallest absolute Gasteiger partial charge is 0.208 e. The highest BCUT2D eigenvalue weighted by molar-refractivity contribution is 5.83. The molecule has 4 aromatic rings. The number of rotatable bonds is 9. The van der Waals surface area contributed by atoms with Crippen LogP contribution in [0.5, 0.6) is 11.5 Å². The highest BCUT2D eigenvalue weighted by Gasteiger charge is 2.15. The lowest BCUT2D eigenvalue weighted by molar-refractivity contribution is -0.119. The maximum absolute atomic E-state index is 12.6. The summed E-state index contributed by atoms with van der Waals surface area (Å²) in [4.78, 5) is 23.9. The van der Waals surface area contributed by atoms with Gasteiger partial charge < -0.3 is 19.9 Å². The fraction of sp³-hybridized carbons (Fsp3) is 0.345. The number of piperazine rings is 1. The number of pyridine rings is 1. The molecule has 0 unspecified atom stereocenters. The van der Waals surface area contributed by atoms with Crippen molar-refractivity contribution in [2.45, 2.75) is 26.2 Å². The van der Waals surface area contributed by atoms with E-state index < -0.39 is 0 Å². The van der Waals surface area contributed by atoms with Gasteiger partial charge in [0.25, 0.3) is 0 Å². The summed E-state index contributed by atoms with van der Waals surface area (Å²) in [5.74, 6) is 2.73. The highest BCUT2D eigenvalue weighted by Crippen LogP contribution is 2.29. The molecule has 5 rings (SSSR count). The second-order valence-electron chi connectivity index (χ2n) is 9.88. The number of nitrogens with one attached hydrogen (secondary N) is 2. The Morgan fingerprint density at radius 1 is 1.08 bits per heavy atom. The average molecular weight is 499 g/mol. The lowest BCUT2D eigenvalue weighted by Crippen LogP contribution is -2.45. The normalized spacial score (nSPS) is 14.3. The molecule has 1 saturated heterocycles. The third-order valence-electron chi connectivity index (χ3n) is 6.67. The lowest BCUT2D eigenvalue weighted by atomic mass is 10.0. The topological polar surface area (TPSA) is 84.3 Å². The molecule has 0 bridgehead atoms. The highest BCUT2D eigenvalue weighted by atomic mass is 16.5. The Bertz CT molecular complexity index is 1390. The van der Waals surface area contributed by atoms with Gasteiger partial charge in [-0.3, -0.25) is 14.7 Å². The molecule has 1 fully saturated rings. The Kier molecular flexibility index (Phi) is 7.48. The maximum Gasteiger partial charge on any atom is 0.208 e. The van der Waals surface area contributed by atoms with Crippen LogP contribution in [0.3, 0.4) is 0 Å². The van der Waals surface area contributed by atoms with Gasteiger partial charge in [-0.25, -0.2) is 4.98 Å². The third-order valence-corrected chi connectivity index (χ3v) is 6.67. The van der Waals surface area contributed by atoms with Gasteiger partial charge in [-0.1, -0.05) is 26.0 Å². The number of aryl methyl sites for hydroxylation is 1. The number of fused-ring (bicyclic) bond motifs is 1. The molecule has 1 aliphatic rings. The Morgan fingerprint density at radius 3 is 2.70 bits per heavy atom. The number of carbonyl (C=O) groups excluding carboxylic acids is 1. The molecule has 8 nitrogen and oxygen atoms in total. The van der Waals surface area contributed by atoms with Gasteiger partial charge in [0, 0.05) is 57.2 Å². The fourth-order valence-corrected chi connectivity index (χ4v) is 4.59. The Labute approximate surface area is 217 Å². The largest absolute Gasteiger partial charge is 0.457 e. The number of imidazole rings is 1. The van der Waals surface area contributed by atoms with Gasteiger partial charge in [-0.05, 0) is 41.8 Å². The summed E-state index contributed by atoms with van der Waals surface area (Å²) in [5.41, 5.74) is 4.84. The number of aromatic nitrogens is 3. The Balaban J connectivity index is 1.27. The van der Waals surface area contributed by atoms with Crippen LogP contribution < -0.4 is 15.4 Å². The molecule has 2 aromatic carbocycles. The number of nitrogens with zero attached hydrogens (tertiary/aromatic N) is 4. The van der Waals surface area contributed by atoms with E-state index in [9.17, 15) is 4.79 Å². The van der Waals surface area contributed by atoms with Crippen LogP contribution >= 0.6 is 0 Å². The second-order valence-corrected chi connectivity index (χ2v) is 9.88. The van der Waals surface area contributed by atoms with Crippen molar-refractivity contribution < 1.29 is 9.53 Å². The third kappa shape index (κ3) is 6.15. The van der Waals surface area contributed by atoms with E-state index in [1.165, 1.54) is 5.56 Å². The van der Waals surface area contributed by atoms with Gasteiger partial charge in [0.05, 0.1) is 29.7 Å². The van der Waals surface area contributed by atoms with Crippen LogP contribution in [0.1, 0.15) is 31.0 Å². The van der Waals surface area contributed by atoms with Crippen LogP contribution in [0.15, 0.2) is 60.8 Å². The van der Waals surface area contributed by atoms with Crippen molar-refractivity contribution in [3.05, 3.63) is 72.1 Å². The first kappa shape index (κ1) is 24.9. The second kappa shape index (κ2) is 11.1. The molecule has 0 radical (unpaired) electrons. The minimum absolute atomic E-state index is 0.167. The summed E-state index contributed by atoms with van der Waals surface area (Å²) in [6.45, 7) is 8.50. The lowest BCUT2D eigenvalue weighted by Gasteiger charge is -2.26. The van der Waals surface area contributed by atoms with Gasteiger partial charge in [0.15, 0.2) is 5.78 Å². The number of ether oxygens (including phenoxy) is 1. The van der Waals surface area contributed by atoms with Crippen molar-refractivity contribution in [1.82, 2.24) is 24.8 Å². The van der Waals surface area contributed by atoms with Gasteiger partial charge in [-0.15, -0.1) is 0 Å². The number of anilines is 2. The van der Waals surface area contributed by atoms with Crippen LogP contribution in [-0.2, 0) is 18.3 Å². The molecule has 37 heavy (non-hydrogen) atoms. The molecule has 0 aliphatic carbocycles. The summed E-state index contributed by atoms with van der Waals surface area (Å²) in [6, 6.07) is 17.9. The molecule has 0 spiro atoms. The Hall–Kier alpha value is -3.75. The standard InChI is InChI=1S/C29H34N6O2/c1-20(2)21-5-4-6-22(15-21)32-29-33-27-18-25(7-8-28(27)34(29)3)37-26-9-10-31-23(17-26)16-24(36)19-35-13-11-30-12-14-35/h4-10,15,17-18,20,30H,11-14,16,19H2,1-3H3,(H,32,33). The molecule has 192 valence electrons. The van der Waals surface area contributed by atoms with Gasteiger partial charge in [0.2, 0.25) is 5.95 Å². The monoisotopic (exact) mass is 498 g/mol. The number of hydrogen-bond acceptors (Lipinski definition) is 7. The first-order valence-electron chi connectivity index (χ1n) is 12.9. The minimum atomic E-state index is 0.167. The number of benzene rings is 2. The zero-order valence-electron chi connectivity index (χ0n) is 21.7. The molecule has 2 aromatic heterocycles. The molecule has 2 N–H and O–H groups in total. The van der Waals surface area contributed by atoms with Crippen molar-refractivity contribution in [2.24, 2.45) is 7.05 Å². The average Bonchev–Trinajstić information content (AvgIpc) is 3.19. The number of Topliss-reactive ketones (excluding diaryl/α,β-unsaturated/α-hetero) is 1. The first-order chi connectivity index (χ1) is 17.9. The predicted molar refractivity (Wildman–Crippen MR) is 147 cm³/mol. The summed E-state index contributed by atoms with van der Waals surface area (Å²) in [5, 5.41) is 6.75. The van der Waals surface area contributed by atoms with E-state index in [0.29, 0.717) is 36.1 Å². The van der Waals surface area contributed by atoms with Crippen LogP contribution in [-0.4, -0.2) is 57.9 Å². The van der Waals surface area contributed by atoms with E-state index in [4.69, 9.17) is 9.72 Å². The molecule has 8 heteroatoms. The molecular formula is C29H34N6O2. The molecular weight excluding hydrogens is 464 g/mol. The first-order valence-corrected chi connectivity index (χ1v) is 12.9. The zero-order chi connectivity index (χ0) is 25.8. The fourth-order valence-electron chi connectivity index (χ4n) is 4.59. The van der Waals surface area contributed by atoms with Crippen LogP contribution in [0.25, 0.3) is 11.0 Å². The molecule has 0 amide bonds. The van der Waals surface area contributed by atoms with Crippen LogP contribution in [0.4, 0.5) is 11.6 Å². The minimum Gasteiger partial charge on any atom is -0.457 e. The molecule has 0 saturated carbocycles. The van der Waals surface area contributed by atoms with Crippen LogP contribution in [0, 0.1) is 0 Å². The SMILES string of the molecule is CC(C)c1cccc(Nc2nc3cc(Oc4ccnc(CC(=O)CN5CCNCC5)c4)ccc3n2C)c1. The van der Waals surface area contributed by atoms with Crippen molar-refractivity contribution in [3.8, 4) is 11.5 Å². The van der Waals surface area contributed by atoms with Crippen molar-refractivity contribution in [2.75, 3.05) is 38.0 Å². The van der Waals surface area contributed by atoms with E-state index in [1.807, 2.05) is 41.9 Å². The van der Waals surface area contributed by atoms with Gasteiger partial charge in [0.1, 0.15) is 11.5 Å². The van der Waals surface area contributed by atoms with Crippen LogP contribution in [0.2, 0.25) is 0 Å². The summed E-state index contributed by atoms with van der Waals surface area (Å²) in [6.07, 6.45) is 1.99. The van der Waals surface area contributed by atoms with E-state index in [0.717, 1.165) is 48.8 Å². The van der Waals surface area contributed by atoms with E-state index in [2.05, 4.69) is 58.6 Å². The van der Waals surface area contributed by atoms with Gasteiger partial charge in [-0.2, -0.15) is 0 Å². The maximum atomic E-state index is 12.6. The van der Waals surface area contributed by atoms with E-state index >= 15 is 0 Å². The van der Waals surface area contributed by atoms with Crippen molar-refractivity contribution in [1.29, 1.82) is 0 Å². The number of ketones is 1. The summed E-state index contributed by atoms with van der Waals surface area (Å²) < 4.78 is 8.17. The zero-order valence-corrected chi connectivity index (χ0v) is 21.7. The number of hydrogen-bond donors (Lipinski definition) is 2. The molecule has 3 heterocycles. The quantitative estimate of drug-likeness (QED) is 0.348. The van der Waals surface area contributed by atoms with E-state index in [-0.39, 0.29) is 5.78 Å². The van der Waals surface area contributed by atoms with Crippen molar-refractivity contribution in [3.63, 3.8) is 0 Å². The van der Waals surface area contributed by atoms with Crippen molar-refractivity contribution >= 4 is 28.5 Å². The van der Waals surface area contributed by atoms with E-state index in [1.54, 1.807) is 6.20 Å². The summed E-state index contributed by atoms with van der Waals surface area (Å²) in [7, 11) is 2.00.